The van der Waals surface area contributed by atoms with Crippen LogP contribution in [0.3, 0.4) is 0 Å². The third-order valence-corrected chi connectivity index (χ3v) is 5.26. The summed E-state index contributed by atoms with van der Waals surface area (Å²) in [4.78, 5) is 0. The van der Waals surface area contributed by atoms with E-state index in [0.717, 1.165) is 52.9 Å². The van der Waals surface area contributed by atoms with Gasteiger partial charge in [0.15, 0.2) is 5.11 Å². The highest BCUT2D eigenvalue weighted by molar-refractivity contribution is 7.80. The first kappa shape index (κ1) is 21.3. The summed E-state index contributed by atoms with van der Waals surface area (Å²) >= 11 is 11.6. The van der Waals surface area contributed by atoms with Gasteiger partial charge in [0.25, 0.3) is 0 Å². The molecular weight excluding hydrogens is 404 g/mol. The quantitative estimate of drug-likeness (QED) is 0.430. The Labute approximate surface area is 182 Å². The van der Waals surface area contributed by atoms with Crippen LogP contribution >= 0.6 is 23.8 Å². The van der Waals surface area contributed by atoms with Crippen LogP contribution in [0.25, 0.3) is 0 Å². The van der Waals surface area contributed by atoms with Crippen LogP contribution in [0.2, 0.25) is 5.02 Å². The second kappa shape index (κ2) is 9.41. The third-order valence-electron chi connectivity index (χ3n) is 4.78. The SMILES string of the molecule is Cc1cc(C)n(CCCNC(=S)Nc2c(C)nn(Cc3cccc(Cl)c3)c2C)n1. The zero-order chi connectivity index (χ0) is 21.0. The number of aryl methyl sites for hydroxylation is 4. The average molecular weight is 431 g/mol. The lowest BCUT2D eigenvalue weighted by molar-refractivity contribution is 0.558. The predicted octanol–water partition coefficient (Wildman–Crippen LogP) is 4.39. The molecule has 3 rings (SSSR count). The summed E-state index contributed by atoms with van der Waals surface area (Å²) in [5.41, 5.74) is 6.24. The van der Waals surface area contributed by atoms with Crippen molar-refractivity contribution in [3.8, 4) is 0 Å². The Balaban J connectivity index is 1.53. The first-order valence-corrected chi connectivity index (χ1v) is 10.5. The van der Waals surface area contributed by atoms with Crippen LogP contribution in [0.15, 0.2) is 30.3 Å². The number of hydrogen-bond donors (Lipinski definition) is 2. The molecule has 0 saturated heterocycles. The topological polar surface area (TPSA) is 59.7 Å². The average Bonchev–Trinajstić information content (AvgIpc) is 3.11. The fraction of sp³-hybridized carbons (Fsp3) is 0.381. The van der Waals surface area contributed by atoms with Crippen molar-refractivity contribution >= 4 is 34.6 Å². The van der Waals surface area contributed by atoms with E-state index in [-0.39, 0.29) is 0 Å². The van der Waals surface area contributed by atoms with E-state index in [1.807, 2.05) is 54.4 Å². The number of anilines is 1. The van der Waals surface area contributed by atoms with Gasteiger partial charge in [-0.3, -0.25) is 9.36 Å². The molecule has 154 valence electrons. The molecule has 0 spiro atoms. The minimum Gasteiger partial charge on any atom is -0.362 e. The molecule has 0 unspecified atom stereocenters. The highest BCUT2D eigenvalue weighted by Gasteiger charge is 2.13. The Morgan fingerprint density at radius 3 is 2.59 bits per heavy atom. The van der Waals surface area contributed by atoms with Gasteiger partial charge >= 0.3 is 0 Å². The molecule has 3 aromatic rings. The van der Waals surface area contributed by atoms with Gasteiger partial charge in [-0.25, -0.2) is 0 Å². The third kappa shape index (κ3) is 5.58. The number of halogens is 1. The lowest BCUT2D eigenvalue weighted by Crippen LogP contribution is -2.30. The molecule has 0 aliphatic rings. The van der Waals surface area contributed by atoms with E-state index < -0.39 is 0 Å². The van der Waals surface area contributed by atoms with Crippen LogP contribution in [0.5, 0.6) is 0 Å². The molecule has 0 aliphatic heterocycles. The van der Waals surface area contributed by atoms with E-state index in [4.69, 9.17) is 23.8 Å². The Morgan fingerprint density at radius 1 is 1.10 bits per heavy atom. The Hall–Kier alpha value is -2.38. The van der Waals surface area contributed by atoms with Crippen molar-refractivity contribution < 1.29 is 0 Å². The molecule has 0 fully saturated rings. The van der Waals surface area contributed by atoms with Crippen molar-refractivity contribution in [3.05, 3.63) is 63.7 Å². The van der Waals surface area contributed by atoms with Crippen LogP contribution < -0.4 is 10.6 Å². The Morgan fingerprint density at radius 2 is 1.90 bits per heavy atom. The molecule has 1 aromatic carbocycles. The van der Waals surface area contributed by atoms with Crippen molar-refractivity contribution in [2.24, 2.45) is 0 Å². The van der Waals surface area contributed by atoms with E-state index >= 15 is 0 Å². The minimum atomic E-state index is 0.604. The van der Waals surface area contributed by atoms with Crippen molar-refractivity contribution in [1.29, 1.82) is 0 Å². The van der Waals surface area contributed by atoms with E-state index in [0.29, 0.717) is 11.7 Å². The number of hydrogen-bond acceptors (Lipinski definition) is 3. The van der Waals surface area contributed by atoms with E-state index in [2.05, 4.69) is 33.8 Å². The summed E-state index contributed by atoms with van der Waals surface area (Å²) in [5.74, 6) is 0. The monoisotopic (exact) mass is 430 g/mol. The lowest BCUT2D eigenvalue weighted by atomic mass is 10.2. The molecule has 0 aliphatic carbocycles. The van der Waals surface area contributed by atoms with Crippen LogP contribution in [0.4, 0.5) is 5.69 Å². The summed E-state index contributed by atoms with van der Waals surface area (Å²) in [6, 6.07) is 9.92. The smallest absolute Gasteiger partial charge is 0.170 e. The highest BCUT2D eigenvalue weighted by Crippen LogP contribution is 2.21. The molecule has 2 aromatic heterocycles. The second-order valence-corrected chi connectivity index (χ2v) is 8.06. The molecule has 0 radical (unpaired) electrons. The molecule has 0 bridgehead atoms. The maximum Gasteiger partial charge on any atom is 0.170 e. The predicted molar refractivity (Wildman–Crippen MR) is 123 cm³/mol. The normalized spacial score (nSPS) is 10.9. The zero-order valence-corrected chi connectivity index (χ0v) is 18.9. The number of aromatic nitrogens is 4. The molecule has 8 heteroatoms. The summed E-state index contributed by atoms with van der Waals surface area (Å²) in [7, 11) is 0. The first-order chi connectivity index (χ1) is 13.8. The largest absolute Gasteiger partial charge is 0.362 e. The molecule has 2 N–H and O–H groups in total. The number of thiocarbonyl (C=S) groups is 1. The van der Waals surface area contributed by atoms with Gasteiger partial charge < -0.3 is 10.6 Å². The molecule has 0 atom stereocenters. The first-order valence-electron chi connectivity index (χ1n) is 9.68. The summed E-state index contributed by atoms with van der Waals surface area (Å²) in [6.07, 6.45) is 0.940. The van der Waals surface area contributed by atoms with Gasteiger partial charge in [-0.1, -0.05) is 23.7 Å². The van der Waals surface area contributed by atoms with Crippen molar-refractivity contribution in [2.45, 2.75) is 47.2 Å². The summed E-state index contributed by atoms with van der Waals surface area (Å²) in [5, 5.41) is 17.0. The van der Waals surface area contributed by atoms with Gasteiger partial charge in [0.2, 0.25) is 0 Å². The Kier molecular flexibility index (Phi) is 6.92. The lowest BCUT2D eigenvalue weighted by Gasteiger charge is -2.12. The fourth-order valence-electron chi connectivity index (χ4n) is 3.33. The molecule has 2 heterocycles. The van der Waals surface area contributed by atoms with Crippen molar-refractivity contribution in [3.63, 3.8) is 0 Å². The number of benzene rings is 1. The second-order valence-electron chi connectivity index (χ2n) is 7.22. The molecule has 29 heavy (non-hydrogen) atoms. The van der Waals surface area contributed by atoms with Gasteiger partial charge in [0.1, 0.15) is 0 Å². The van der Waals surface area contributed by atoms with E-state index in [1.165, 1.54) is 5.69 Å². The zero-order valence-electron chi connectivity index (χ0n) is 17.3. The van der Waals surface area contributed by atoms with Gasteiger partial charge in [0.05, 0.1) is 29.3 Å². The minimum absolute atomic E-state index is 0.604. The van der Waals surface area contributed by atoms with E-state index in [1.54, 1.807) is 0 Å². The van der Waals surface area contributed by atoms with Gasteiger partial charge in [-0.15, -0.1) is 0 Å². The Bertz CT molecular complexity index is 1010. The molecule has 0 saturated carbocycles. The summed E-state index contributed by atoms with van der Waals surface area (Å²) < 4.78 is 4.00. The number of nitrogens with one attached hydrogen (secondary N) is 2. The van der Waals surface area contributed by atoms with Crippen LogP contribution in [-0.2, 0) is 13.1 Å². The maximum absolute atomic E-state index is 6.09. The molecule has 0 amide bonds. The van der Waals surface area contributed by atoms with Gasteiger partial charge in [-0.2, -0.15) is 10.2 Å². The van der Waals surface area contributed by atoms with Gasteiger partial charge in [-0.05, 0) is 70.1 Å². The van der Waals surface area contributed by atoms with Crippen LogP contribution in [0.1, 0.15) is 34.8 Å². The standard InChI is InChI=1S/C21H27ClN6S/c1-14-11-15(2)27(25-14)10-6-9-23-21(29)24-20-16(3)26-28(17(20)4)13-18-7-5-8-19(22)12-18/h5,7-8,11-12H,6,9-10,13H2,1-4H3,(H2,23,24,29). The number of nitrogens with zero attached hydrogens (tertiary/aromatic N) is 4. The van der Waals surface area contributed by atoms with Crippen LogP contribution in [-0.4, -0.2) is 31.2 Å². The van der Waals surface area contributed by atoms with Crippen molar-refractivity contribution in [1.82, 2.24) is 24.9 Å². The highest BCUT2D eigenvalue weighted by atomic mass is 35.5. The van der Waals surface area contributed by atoms with E-state index in [9.17, 15) is 0 Å². The molecular formula is C21H27ClN6S. The fourth-order valence-corrected chi connectivity index (χ4v) is 3.75. The summed E-state index contributed by atoms with van der Waals surface area (Å²) in [6.45, 7) is 10.4. The van der Waals surface area contributed by atoms with Gasteiger partial charge in [0, 0.05) is 23.8 Å². The molecule has 6 nitrogen and oxygen atoms in total. The van der Waals surface area contributed by atoms with Crippen LogP contribution in [0, 0.1) is 27.7 Å². The number of rotatable bonds is 7. The maximum atomic E-state index is 6.09. The van der Waals surface area contributed by atoms with Crippen molar-refractivity contribution in [2.75, 3.05) is 11.9 Å².